The van der Waals surface area contributed by atoms with Crippen molar-refractivity contribution in [1.29, 1.82) is 0 Å². The molecule has 3 unspecified atom stereocenters. The minimum absolute atomic E-state index is 0.153. The van der Waals surface area contributed by atoms with Crippen LogP contribution in [-0.4, -0.2) is 239 Å². The zero-order valence-corrected chi connectivity index (χ0v) is 34.5. The predicted octanol–water partition coefficient (Wildman–Crippen LogP) is 5.99. The Kier molecular flexibility index (Phi) is 20.2. The predicted molar refractivity (Wildman–Crippen MR) is 175 cm³/mol. The molecule has 1 aliphatic heterocycles. The van der Waals surface area contributed by atoms with Crippen LogP contribution in [0.4, 0.5) is 105 Å². The zero-order chi connectivity index (χ0) is 52.2. The molecule has 0 radical (unpaired) electrons. The quantitative estimate of drug-likeness (QED) is 0.0607. The molecule has 0 aromatic rings. The number of piperazine rings is 1. The largest absolute Gasteiger partial charge is 0.385 e. The average Bonchev–Trinajstić information content (AvgIpc) is 3.14. The van der Waals surface area contributed by atoms with Gasteiger partial charge in [0.1, 0.15) is 97.0 Å². The Morgan fingerprint density at radius 2 is 0.758 bits per heavy atom. The number of rotatable bonds is 30. The molecule has 396 valence electrons. The van der Waals surface area contributed by atoms with Crippen LogP contribution in [-0.2, 0) is 14.2 Å². The summed E-state index contributed by atoms with van der Waals surface area (Å²) in [6.45, 7) is -14.4. The zero-order valence-electron chi connectivity index (χ0n) is 34.5. The lowest BCUT2D eigenvalue weighted by atomic mass is 10.1. The summed E-state index contributed by atoms with van der Waals surface area (Å²) in [4.78, 5) is 0. The fourth-order valence-corrected chi connectivity index (χ4v) is 6.45. The first kappa shape index (κ1) is 62.0. The Hall–Kier alpha value is -2.04. The summed E-state index contributed by atoms with van der Waals surface area (Å²) < 4.78 is 330. The molecule has 33 heteroatoms. The van der Waals surface area contributed by atoms with Crippen molar-refractivity contribution in [2.75, 3.05) is 120 Å². The molecule has 0 spiro atoms. The van der Waals surface area contributed by atoms with E-state index in [4.69, 9.17) is 0 Å². The van der Waals surface area contributed by atoms with Gasteiger partial charge in [-0.05, 0) is 0 Å². The SMILES string of the molecule is C[N+](C)(CC[N+]1(CC(O)COCC(F)(F)C(F)(F)C(F)(F)C(F)F)CC[N+](C)(CC(O)COCC(F)(F)C(F)(F)C(F)(F)C(F)F)CC1)CC(O)COCC(F)(F)C(F)(F)C(F)(F)C(F)F. The number of hydrogen-bond donors (Lipinski definition) is 3. The van der Waals surface area contributed by atoms with Gasteiger partial charge in [0.05, 0.1) is 41.0 Å². The van der Waals surface area contributed by atoms with Gasteiger partial charge in [-0.25, -0.2) is 26.3 Å². The smallest absolute Gasteiger partial charge is 0.380 e. The molecule has 1 saturated heterocycles. The summed E-state index contributed by atoms with van der Waals surface area (Å²) in [6.07, 6.45) is -21.4. The van der Waals surface area contributed by atoms with Crippen LogP contribution >= 0.6 is 0 Å². The van der Waals surface area contributed by atoms with E-state index in [9.17, 15) is 121 Å². The van der Waals surface area contributed by atoms with E-state index >= 15 is 0 Å². The van der Waals surface area contributed by atoms with Gasteiger partial charge in [-0.1, -0.05) is 0 Å². The first-order chi connectivity index (χ1) is 29.3. The number of likely N-dealkylation sites (N-methyl/N-ethyl adjacent to an activating group) is 2. The van der Waals surface area contributed by atoms with Crippen molar-refractivity contribution in [2.24, 2.45) is 0 Å². The van der Waals surface area contributed by atoms with Crippen molar-refractivity contribution in [1.82, 2.24) is 0 Å². The third-order valence-corrected chi connectivity index (χ3v) is 10.6. The fraction of sp³-hybridized carbons (Fsp3) is 1.00. The van der Waals surface area contributed by atoms with Crippen molar-refractivity contribution in [3.8, 4) is 0 Å². The number of halogens is 24. The maximum atomic E-state index is 14.0. The van der Waals surface area contributed by atoms with Gasteiger partial charge in [0.25, 0.3) is 0 Å². The molecule has 1 heterocycles. The van der Waals surface area contributed by atoms with Gasteiger partial charge < -0.3 is 43.0 Å². The van der Waals surface area contributed by atoms with Gasteiger partial charge >= 0.3 is 72.6 Å². The van der Waals surface area contributed by atoms with Crippen LogP contribution in [0.25, 0.3) is 0 Å². The van der Waals surface area contributed by atoms with Gasteiger partial charge in [-0.3, -0.25) is 0 Å². The second-order valence-corrected chi connectivity index (χ2v) is 16.9. The third kappa shape index (κ3) is 14.3. The lowest BCUT2D eigenvalue weighted by molar-refractivity contribution is -1.04. The summed E-state index contributed by atoms with van der Waals surface area (Å²) in [6, 6.07) is 0. The number of ether oxygens (including phenoxy) is 3. The minimum atomic E-state index is -6.67. The van der Waals surface area contributed by atoms with E-state index < -0.39 is 159 Å². The second-order valence-electron chi connectivity index (χ2n) is 16.9. The highest BCUT2D eigenvalue weighted by molar-refractivity contribution is 5.00. The monoisotopic (exact) mass is 1040 g/mol. The van der Waals surface area contributed by atoms with Gasteiger partial charge in [0.2, 0.25) is 0 Å². The van der Waals surface area contributed by atoms with Crippen LogP contribution in [0.3, 0.4) is 0 Å². The molecule has 3 N–H and O–H groups in total. The first-order valence-electron chi connectivity index (χ1n) is 18.8. The van der Waals surface area contributed by atoms with Crippen LogP contribution in [0.15, 0.2) is 0 Å². The second kappa shape index (κ2) is 21.5. The van der Waals surface area contributed by atoms with Crippen molar-refractivity contribution in [3.63, 3.8) is 0 Å². The van der Waals surface area contributed by atoms with E-state index in [0.717, 1.165) is 0 Å². The molecule has 0 amide bonds. The summed E-state index contributed by atoms with van der Waals surface area (Å²) in [5.41, 5.74) is 0. The minimum Gasteiger partial charge on any atom is -0.385 e. The number of nitrogens with zero attached hydrogens (tertiary/aromatic N) is 3. The average molecular weight is 1040 g/mol. The number of aliphatic hydroxyl groups is 3. The Bertz CT molecular complexity index is 1500. The van der Waals surface area contributed by atoms with Gasteiger partial charge in [-0.15, -0.1) is 0 Å². The molecule has 66 heavy (non-hydrogen) atoms. The van der Waals surface area contributed by atoms with Gasteiger partial charge in [0.15, 0.2) is 0 Å². The van der Waals surface area contributed by atoms with Crippen LogP contribution in [0.1, 0.15) is 0 Å². The molecule has 1 fully saturated rings. The van der Waals surface area contributed by atoms with E-state index in [1.165, 1.54) is 21.1 Å². The maximum Gasteiger partial charge on any atom is 0.380 e. The van der Waals surface area contributed by atoms with E-state index in [2.05, 4.69) is 14.2 Å². The molecule has 9 nitrogen and oxygen atoms in total. The van der Waals surface area contributed by atoms with Crippen molar-refractivity contribution in [3.05, 3.63) is 0 Å². The standard InChI is InChI=1S/C33H48F24N3O6/c1-58(2,10-19(61)13-64-16-25(40,41)31(52,53)28(46,47)22(34)35)4-7-60(12-21(63)15-66-18-27(44,45)33(56,57)30(50,51)24(38)39)8-5-59(3,6-9-60)11-20(62)14-65-17-26(42,43)32(54,55)29(48,49)23(36)37/h19-24,61-63H,4-18H2,1-3H3/q+3. The normalized spacial score (nSPS) is 22.1. The van der Waals surface area contributed by atoms with Crippen LogP contribution in [0.5, 0.6) is 0 Å². The molecule has 0 aliphatic carbocycles. The summed E-state index contributed by atoms with van der Waals surface area (Å²) in [5, 5.41) is 31.4. The van der Waals surface area contributed by atoms with Crippen molar-refractivity contribution in [2.45, 2.75) is 90.9 Å². The molecule has 1 rings (SSSR count). The van der Waals surface area contributed by atoms with E-state index in [1.54, 1.807) is 0 Å². The molecule has 3 atom stereocenters. The highest BCUT2D eigenvalue weighted by Gasteiger charge is 2.77. The van der Waals surface area contributed by atoms with Crippen molar-refractivity contribution < 1.29 is 148 Å². The van der Waals surface area contributed by atoms with Crippen LogP contribution in [0, 0.1) is 0 Å². The molecule has 1 aliphatic rings. The Morgan fingerprint density at radius 1 is 0.470 bits per heavy atom. The summed E-state index contributed by atoms with van der Waals surface area (Å²) in [5.74, 6) is -57.2. The Morgan fingerprint density at radius 3 is 1.06 bits per heavy atom. The summed E-state index contributed by atoms with van der Waals surface area (Å²) >= 11 is 0. The highest BCUT2D eigenvalue weighted by atomic mass is 19.4. The summed E-state index contributed by atoms with van der Waals surface area (Å²) in [7, 11) is 4.01. The van der Waals surface area contributed by atoms with Crippen molar-refractivity contribution >= 4 is 0 Å². The number of hydrogen-bond acceptors (Lipinski definition) is 6. The maximum absolute atomic E-state index is 14.0. The Balaban J connectivity index is 3.16. The molecule has 0 bridgehead atoms. The fourth-order valence-electron chi connectivity index (χ4n) is 6.45. The van der Waals surface area contributed by atoms with Gasteiger partial charge in [0, 0.05) is 0 Å². The third-order valence-electron chi connectivity index (χ3n) is 10.6. The molecule has 0 aromatic heterocycles. The van der Waals surface area contributed by atoms with Crippen LogP contribution in [0.2, 0.25) is 0 Å². The first-order valence-corrected chi connectivity index (χ1v) is 18.8. The molecular weight excluding hydrogens is 990 g/mol. The number of quaternary nitrogens is 3. The van der Waals surface area contributed by atoms with Gasteiger partial charge in [-0.2, -0.15) is 79.0 Å². The number of aliphatic hydroxyl groups excluding tert-OH is 3. The van der Waals surface area contributed by atoms with E-state index in [1.807, 2.05) is 0 Å². The molecule has 0 aromatic carbocycles. The van der Waals surface area contributed by atoms with Crippen LogP contribution < -0.4 is 0 Å². The molecule has 0 saturated carbocycles. The van der Waals surface area contributed by atoms with E-state index in [-0.39, 0.29) is 43.8 Å². The number of alkyl halides is 24. The lowest BCUT2D eigenvalue weighted by Crippen LogP contribution is -2.70. The lowest BCUT2D eigenvalue weighted by Gasteiger charge is -2.50. The molecular formula is C33H48F24N3O6+3. The van der Waals surface area contributed by atoms with E-state index in [0.29, 0.717) is 0 Å². The topological polar surface area (TPSA) is 88.4 Å². The highest BCUT2D eigenvalue weighted by Crippen LogP contribution is 2.51. The Labute approximate surface area is 359 Å².